The molecule has 6 rings (SSSR count). The Hall–Kier alpha value is -4.12. The molecule has 11 heteroatoms. The van der Waals surface area contributed by atoms with Gasteiger partial charge in [-0.25, -0.2) is 4.98 Å². The number of ketones is 1. The minimum Gasteiger partial charge on any atom is -0.387 e. The third kappa shape index (κ3) is 3.85. The number of hydrogen-bond donors (Lipinski definition) is 2. The van der Waals surface area contributed by atoms with Gasteiger partial charge in [0.05, 0.1) is 23.1 Å². The van der Waals surface area contributed by atoms with Crippen molar-refractivity contribution < 1.29 is 14.7 Å². The van der Waals surface area contributed by atoms with Crippen LogP contribution in [0.25, 0.3) is 28.2 Å². The van der Waals surface area contributed by atoms with E-state index in [0.717, 1.165) is 41.9 Å². The third-order valence-electron chi connectivity index (χ3n) is 7.91. The highest BCUT2D eigenvalue weighted by Gasteiger charge is 2.44. The zero-order valence-electron chi connectivity index (χ0n) is 21.4. The lowest BCUT2D eigenvalue weighted by Gasteiger charge is -2.39. The van der Waals surface area contributed by atoms with E-state index in [1.807, 2.05) is 40.9 Å². The zero-order valence-corrected chi connectivity index (χ0v) is 21.4. The van der Waals surface area contributed by atoms with Gasteiger partial charge in [-0.15, -0.1) is 0 Å². The number of carbonyl (C=O) groups excluding carboxylic acids is 2. The maximum absolute atomic E-state index is 12.8. The number of aliphatic hydroxyl groups is 1. The number of aryl methyl sites for hydroxylation is 1. The predicted octanol–water partition coefficient (Wildman–Crippen LogP) is 2.69. The van der Waals surface area contributed by atoms with Crippen molar-refractivity contribution in [2.75, 3.05) is 12.3 Å². The average molecular weight is 515 g/mol. The largest absolute Gasteiger partial charge is 0.387 e. The number of piperidine rings is 1. The van der Waals surface area contributed by atoms with Crippen molar-refractivity contribution in [2.45, 2.75) is 64.1 Å². The Morgan fingerprint density at radius 3 is 2.47 bits per heavy atom. The Balaban J connectivity index is 1.39. The van der Waals surface area contributed by atoms with E-state index in [4.69, 9.17) is 10.7 Å². The number of anilines is 1. The van der Waals surface area contributed by atoms with Gasteiger partial charge in [0.25, 0.3) is 0 Å². The first-order chi connectivity index (χ1) is 18.4. The second-order valence-corrected chi connectivity index (χ2v) is 10.1. The molecule has 4 aromatic heterocycles. The van der Waals surface area contributed by atoms with Gasteiger partial charge in [-0.1, -0.05) is 6.07 Å². The maximum atomic E-state index is 12.8. The van der Waals surface area contributed by atoms with Crippen LogP contribution in [0.3, 0.4) is 0 Å². The molecule has 6 heterocycles. The highest BCUT2D eigenvalue weighted by Crippen LogP contribution is 2.44. The van der Waals surface area contributed by atoms with Crippen LogP contribution < -0.4 is 5.73 Å². The lowest BCUT2D eigenvalue weighted by Crippen LogP contribution is -2.47. The van der Waals surface area contributed by atoms with Gasteiger partial charge < -0.3 is 15.7 Å². The van der Waals surface area contributed by atoms with Crippen molar-refractivity contribution >= 4 is 23.2 Å². The average Bonchev–Trinajstić information content (AvgIpc) is 3.64. The first kappa shape index (κ1) is 24.2. The summed E-state index contributed by atoms with van der Waals surface area (Å²) in [5, 5.41) is 18.4. The Morgan fingerprint density at radius 1 is 1.11 bits per heavy atom. The van der Waals surface area contributed by atoms with Crippen LogP contribution in [-0.4, -0.2) is 69.7 Å². The van der Waals surface area contributed by atoms with Gasteiger partial charge in [-0.3, -0.25) is 19.3 Å². The van der Waals surface area contributed by atoms with Gasteiger partial charge in [-0.05, 0) is 51.7 Å². The molecule has 4 aromatic rings. The number of pyridine rings is 1. The number of amides is 1. The first-order valence-corrected chi connectivity index (χ1v) is 13.0. The van der Waals surface area contributed by atoms with Crippen molar-refractivity contribution in [3.63, 3.8) is 0 Å². The molecule has 0 unspecified atom stereocenters. The number of aromatic nitrogens is 6. The molecule has 0 aliphatic carbocycles. The summed E-state index contributed by atoms with van der Waals surface area (Å²) in [6.07, 6.45) is 8.50. The van der Waals surface area contributed by atoms with Crippen LogP contribution in [0.2, 0.25) is 0 Å². The van der Waals surface area contributed by atoms with Crippen LogP contribution in [0.5, 0.6) is 0 Å². The number of rotatable bonds is 6. The van der Waals surface area contributed by atoms with Gasteiger partial charge in [0.2, 0.25) is 5.91 Å². The third-order valence-corrected chi connectivity index (χ3v) is 7.91. The van der Waals surface area contributed by atoms with Crippen molar-refractivity contribution in [3.05, 3.63) is 48.0 Å². The van der Waals surface area contributed by atoms with E-state index < -0.39 is 6.61 Å². The summed E-state index contributed by atoms with van der Waals surface area (Å²) in [4.78, 5) is 36.5. The SMILES string of the molecule is CCn1ccc(-c2ccc(-c3cnn4c(N)c(C(C)=O)c([C@@H]5C[C@H]6CC[C@@H](C5)N6C(=O)CO)nc34)cn2)n1. The molecule has 3 atom stereocenters. The number of nitrogens with zero attached hydrogens (tertiary/aromatic N) is 7. The van der Waals surface area contributed by atoms with Gasteiger partial charge in [0.1, 0.15) is 18.1 Å². The maximum Gasteiger partial charge on any atom is 0.248 e. The summed E-state index contributed by atoms with van der Waals surface area (Å²) in [5.41, 5.74) is 11.3. The normalized spacial score (nSPS) is 20.8. The molecular weight excluding hydrogens is 484 g/mol. The summed E-state index contributed by atoms with van der Waals surface area (Å²) in [6.45, 7) is 3.83. The van der Waals surface area contributed by atoms with Crippen LogP contribution >= 0.6 is 0 Å². The van der Waals surface area contributed by atoms with Crippen LogP contribution in [0, 0.1) is 0 Å². The van der Waals surface area contributed by atoms with Gasteiger partial charge in [0.15, 0.2) is 11.4 Å². The number of aliphatic hydroxyl groups excluding tert-OH is 1. The first-order valence-electron chi connectivity index (χ1n) is 13.0. The summed E-state index contributed by atoms with van der Waals surface area (Å²) in [6, 6.07) is 5.86. The number of nitrogens with two attached hydrogens (primary N) is 1. The lowest BCUT2D eigenvalue weighted by atomic mass is 9.85. The van der Waals surface area contributed by atoms with Gasteiger partial charge in [-0.2, -0.15) is 14.7 Å². The smallest absolute Gasteiger partial charge is 0.248 e. The van der Waals surface area contributed by atoms with Gasteiger partial charge >= 0.3 is 0 Å². The number of nitrogen functional groups attached to an aromatic ring is 1. The summed E-state index contributed by atoms with van der Waals surface area (Å²) >= 11 is 0. The molecule has 0 spiro atoms. The Morgan fingerprint density at radius 2 is 1.87 bits per heavy atom. The number of fused-ring (bicyclic) bond motifs is 3. The van der Waals surface area contributed by atoms with Gasteiger partial charge in [0, 0.05) is 48.1 Å². The van der Waals surface area contributed by atoms with E-state index in [9.17, 15) is 14.7 Å². The van der Waals surface area contributed by atoms with E-state index in [0.29, 0.717) is 29.7 Å². The van der Waals surface area contributed by atoms with E-state index in [-0.39, 0.29) is 35.5 Å². The molecule has 38 heavy (non-hydrogen) atoms. The van der Waals surface area contributed by atoms with Crippen molar-refractivity contribution in [2.24, 2.45) is 0 Å². The standard InChI is InChI=1S/C27H30N8O3/c1-3-33-9-8-22(32-33)21-7-4-16(12-29-21)20-13-30-35-26(28)24(15(2)37)25(31-27(20)35)17-10-18-5-6-19(11-17)34(18)23(38)14-36/h4,7-9,12-13,17-19,36H,3,5-6,10-11,14,28H2,1-2H3/t17-,18-,19+. The van der Waals surface area contributed by atoms with E-state index in [2.05, 4.69) is 15.2 Å². The minimum atomic E-state index is -0.486. The Bertz CT molecular complexity index is 1530. The highest BCUT2D eigenvalue weighted by molar-refractivity contribution is 6.00. The summed E-state index contributed by atoms with van der Waals surface area (Å²) < 4.78 is 3.37. The fourth-order valence-electron chi connectivity index (χ4n) is 6.16. The molecule has 1 amide bonds. The van der Waals surface area contributed by atoms with E-state index >= 15 is 0 Å². The molecule has 196 valence electrons. The molecule has 11 nitrogen and oxygen atoms in total. The molecule has 3 N–H and O–H groups in total. The second kappa shape index (κ2) is 9.32. The number of Topliss-reactive ketones (excluding diaryl/α,β-unsaturated/α-hetero) is 1. The lowest BCUT2D eigenvalue weighted by molar-refractivity contribution is -0.138. The van der Waals surface area contributed by atoms with E-state index in [1.54, 1.807) is 12.4 Å². The Labute approximate surface area is 219 Å². The number of hydrogen-bond acceptors (Lipinski definition) is 8. The topological polar surface area (TPSA) is 145 Å². The van der Waals surface area contributed by atoms with Crippen LogP contribution in [0.4, 0.5) is 5.82 Å². The highest BCUT2D eigenvalue weighted by atomic mass is 16.3. The molecule has 0 aromatic carbocycles. The summed E-state index contributed by atoms with van der Waals surface area (Å²) in [7, 11) is 0. The van der Waals surface area contributed by atoms with Crippen molar-refractivity contribution in [1.82, 2.24) is 34.3 Å². The summed E-state index contributed by atoms with van der Waals surface area (Å²) in [5.74, 6) is -0.165. The minimum absolute atomic E-state index is 0.0229. The van der Waals surface area contributed by atoms with E-state index in [1.165, 1.54) is 11.4 Å². The molecule has 2 bridgehead atoms. The fraction of sp³-hybridized carbons (Fsp3) is 0.407. The number of carbonyl (C=O) groups is 2. The Kier molecular flexibility index (Phi) is 5.94. The van der Waals surface area contributed by atoms with Crippen LogP contribution in [0.15, 0.2) is 36.8 Å². The monoisotopic (exact) mass is 514 g/mol. The van der Waals surface area contributed by atoms with Crippen LogP contribution in [-0.2, 0) is 11.3 Å². The molecule has 0 radical (unpaired) electrons. The fourth-order valence-corrected chi connectivity index (χ4v) is 6.16. The molecule has 2 fully saturated rings. The van der Waals surface area contributed by atoms with Crippen molar-refractivity contribution in [3.8, 4) is 22.5 Å². The molecule has 2 saturated heterocycles. The predicted molar refractivity (Wildman–Crippen MR) is 140 cm³/mol. The molecular formula is C27H30N8O3. The molecule has 2 aliphatic heterocycles. The van der Waals surface area contributed by atoms with Crippen LogP contribution in [0.1, 0.15) is 61.5 Å². The quantitative estimate of drug-likeness (QED) is 0.374. The second-order valence-electron chi connectivity index (χ2n) is 10.1. The zero-order chi connectivity index (χ0) is 26.6. The van der Waals surface area contributed by atoms with Crippen molar-refractivity contribution in [1.29, 1.82) is 0 Å². The molecule has 2 aliphatic rings. The molecule has 0 saturated carbocycles.